The summed E-state index contributed by atoms with van der Waals surface area (Å²) < 4.78 is 0. The van der Waals surface area contributed by atoms with E-state index >= 15 is 0 Å². The standard InChI is InChI=1S/C16H19N5O2/c1-10(2)18-15(23)14-7-8-17-16(21-14)20-13-6-4-5-12(9-13)19-11(3)22/h4-10H,1-3H3,(H,18,23)(H,19,22)(H,17,20,21). The van der Waals surface area contributed by atoms with Crippen LogP contribution in [-0.2, 0) is 4.79 Å². The van der Waals surface area contributed by atoms with Gasteiger partial charge in [0.2, 0.25) is 11.9 Å². The Hall–Kier alpha value is -2.96. The number of hydrogen-bond acceptors (Lipinski definition) is 5. The van der Waals surface area contributed by atoms with Gasteiger partial charge in [0.05, 0.1) is 0 Å². The van der Waals surface area contributed by atoms with Crippen LogP contribution in [-0.4, -0.2) is 27.8 Å². The first-order chi connectivity index (χ1) is 10.9. The average molecular weight is 313 g/mol. The van der Waals surface area contributed by atoms with Crippen LogP contribution in [0.2, 0.25) is 0 Å². The van der Waals surface area contributed by atoms with Crippen molar-refractivity contribution in [1.82, 2.24) is 15.3 Å². The Bertz CT molecular complexity index is 715. The van der Waals surface area contributed by atoms with E-state index in [1.807, 2.05) is 19.9 Å². The van der Waals surface area contributed by atoms with Gasteiger partial charge < -0.3 is 16.0 Å². The summed E-state index contributed by atoms with van der Waals surface area (Å²) >= 11 is 0. The van der Waals surface area contributed by atoms with E-state index in [0.717, 1.165) is 0 Å². The molecule has 2 rings (SSSR count). The van der Waals surface area contributed by atoms with Crippen molar-refractivity contribution in [3.05, 3.63) is 42.2 Å². The first-order valence-corrected chi connectivity index (χ1v) is 7.22. The number of carbonyl (C=O) groups is 2. The number of amides is 2. The summed E-state index contributed by atoms with van der Waals surface area (Å²) in [5.41, 5.74) is 1.66. The van der Waals surface area contributed by atoms with Gasteiger partial charge in [0.1, 0.15) is 5.69 Å². The fourth-order valence-corrected chi connectivity index (χ4v) is 1.89. The van der Waals surface area contributed by atoms with Crippen molar-refractivity contribution in [2.45, 2.75) is 26.8 Å². The van der Waals surface area contributed by atoms with Gasteiger partial charge in [-0.3, -0.25) is 9.59 Å². The summed E-state index contributed by atoms with van der Waals surface area (Å²) in [6, 6.07) is 8.73. The van der Waals surface area contributed by atoms with Gasteiger partial charge in [-0.2, -0.15) is 0 Å². The number of nitrogens with one attached hydrogen (secondary N) is 3. The fraction of sp³-hybridized carbons (Fsp3) is 0.250. The lowest BCUT2D eigenvalue weighted by Crippen LogP contribution is -2.30. The smallest absolute Gasteiger partial charge is 0.270 e. The second-order valence-corrected chi connectivity index (χ2v) is 5.28. The van der Waals surface area contributed by atoms with Crippen LogP contribution in [0.4, 0.5) is 17.3 Å². The van der Waals surface area contributed by atoms with Crippen LogP contribution in [0, 0.1) is 0 Å². The van der Waals surface area contributed by atoms with Crippen LogP contribution in [0.3, 0.4) is 0 Å². The summed E-state index contributed by atoms with van der Waals surface area (Å²) in [5.74, 6) is -0.0930. The van der Waals surface area contributed by atoms with Crippen LogP contribution in [0.25, 0.3) is 0 Å². The zero-order chi connectivity index (χ0) is 16.8. The van der Waals surface area contributed by atoms with E-state index in [0.29, 0.717) is 17.3 Å². The van der Waals surface area contributed by atoms with E-state index in [9.17, 15) is 9.59 Å². The minimum absolute atomic E-state index is 0.0308. The van der Waals surface area contributed by atoms with E-state index in [2.05, 4.69) is 25.9 Å². The van der Waals surface area contributed by atoms with Crippen molar-refractivity contribution < 1.29 is 9.59 Å². The normalized spacial score (nSPS) is 10.3. The SMILES string of the molecule is CC(=O)Nc1cccc(Nc2nccc(C(=O)NC(C)C)n2)c1. The number of anilines is 3. The summed E-state index contributed by atoms with van der Waals surface area (Å²) in [5, 5.41) is 8.49. The monoisotopic (exact) mass is 313 g/mol. The Labute approximate surface area is 134 Å². The number of benzene rings is 1. The molecule has 2 aromatic rings. The molecule has 2 amide bonds. The Morgan fingerprint density at radius 3 is 2.57 bits per heavy atom. The molecular weight excluding hydrogens is 294 g/mol. The molecule has 0 spiro atoms. The number of hydrogen-bond donors (Lipinski definition) is 3. The Morgan fingerprint density at radius 1 is 1.13 bits per heavy atom. The van der Waals surface area contributed by atoms with Gasteiger partial charge in [-0.15, -0.1) is 0 Å². The highest BCUT2D eigenvalue weighted by atomic mass is 16.2. The molecule has 23 heavy (non-hydrogen) atoms. The topological polar surface area (TPSA) is 96.0 Å². The predicted molar refractivity (Wildman–Crippen MR) is 88.7 cm³/mol. The highest BCUT2D eigenvalue weighted by molar-refractivity contribution is 5.92. The molecule has 0 saturated carbocycles. The first-order valence-electron chi connectivity index (χ1n) is 7.22. The van der Waals surface area contributed by atoms with E-state index in [4.69, 9.17) is 0 Å². The second kappa shape index (κ2) is 7.35. The minimum Gasteiger partial charge on any atom is -0.349 e. The van der Waals surface area contributed by atoms with Gasteiger partial charge >= 0.3 is 0 Å². The van der Waals surface area contributed by atoms with E-state index in [1.54, 1.807) is 24.3 Å². The number of rotatable bonds is 5. The van der Waals surface area contributed by atoms with Gasteiger partial charge in [-0.25, -0.2) is 9.97 Å². The van der Waals surface area contributed by atoms with Crippen LogP contribution in [0.15, 0.2) is 36.5 Å². The number of aromatic nitrogens is 2. The van der Waals surface area contributed by atoms with E-state index in [-0.39, 0.29) is 23.6 Å². The first kappa shape index (κ1) is 16.4. The Morgan fingerprint density at radius 2 is 1.87 bits per heavy atom. The van der Waals surface area contributed by atoms with Crippen molar-refractivity contribution in [3.8, 4) is 0 Å². The molecule has 0 fully saturated rings. The lowest BCUT2D eigenvalue weighted by molar-refractivity contribution is -0.114. The molecule has 0 radical (unpaired) electrons. The van der Waals surface area contributed by atoms with Crippen LogP contribution in [0.1, 0.15) is 31.3 Å². The van der Waals surface area contributed by atoms with E-state index in [1.165, 1.54) is 13.1 Å². The molecule has 0 aliphatic rings. The molecule has 7 heteroatoms. The highest BCUT2D eigenvalue weighted by Gasteiger charge is 2.10. The highest BCUT2D eigenvalue weighted by Crippen LogP contribution is 2.18. The van der Waals surface area contributed by atoms with Crippen molar-refractivity contribution in [1.29, 1.82) is 0 Å². The largest absolute Gasteiger partial charge is 0.349 e. The molecule has 1 aromatic heterocycles. The average Bonchev–Trinajstić information content (AvgIpc) is 2.46. The van der Waals surface area contributed by atoms with Crippen molar-refractivity contribution in [2.24, 2.45) is 0 Å². The quantitative estimate of drug-likeness (QED) is 0.787. The van der Waals surface area contributed by atoms with Gasteiger partial charge in [0.25, 0.3) is 5.91 Å². The molecule has 0 aliphatic heterocycles. The fourth-order valence-electron chi connectivity index (χ4n) is 1.89. The molecular formula is C16H19N5O2. The van der Waals surface area contributed by atoms with Crippen LogP contribution < -0.4 is 16.0 Å². The third-order valence-corrected chi connectivity index (χ3v) is 2.75. The molecule has 0 atom stereocenters. The van der Waals surface area contributed by atoms with Crippen LogP contribution >= 0.6 is 0 Å². The Kier molecular flexibility index (Phi) is 5.24. The molecule has 0 unspecified atom stereocenters. The predicted octanol–water partition coefficient (Wildman–Crippen LogP) is 2.32. The molecule has 0 saturated heterocycles. The lowest BCUT2D eigenvalue weighted by Gasteiger charge is -2.10. The maximum absolute atomic E-state index is 12.0. The zero-order valence-electron chi connectivity index (χ0n) is 13.3. The number of carbonyl (C=O) groups excluding carboxylic acids is 2. The summed E-state index contributed by atoms with van der Waals surface area (Å²) in [6.07, 6.45) is 1.52. The lowest BCUT2D eigenvalue weighted by atomic mass is 10.2. The maximum Gasteiger partial charge on any atom is 0.270 e. The summed E-state index contributed by atoms with van der Waals surface area (Å²) in [7, 11) is 0. The van der Waals surface area contributed by atoms with Crippen molar-refractivity contribution in [3.63, 3.8) is 0 Å². The maximum atomic E-state index is 12.0. The molecule has 120 valence electrons. The van der Waals surface area contributed by atoms with Crippen LogP contribution in [0.5, 0.6) is 0 Å². The molecule has 1 heterocycles. The molecule has 0 bridgehead atoms. The molecule has 1 aromatic carbocycles. The van der Waals surface area contributed by atoms with Gasteiger partial charge in [-0.1, -0.05) is 6.07 Å². The molecule has 3 N–H and O–H groups in total. The third-order valence-electron chi connectivity index (χ3n) is 2.75. The van der Waals surface area contributed by atoms with Crippen molar-refractivity contribution >= 4 is 29.1 Å². The minimum atomic E-state index is -0.252. The molecule has 7 nitrogen and oxygen atoms in total. The van der Waals surface area contributed by atoms with Gasteiger partial charge in [-0.05, 0) is 38.1 Å². The van der Waals surface area contributed by atoms with E-state index < -0.39 is 0 Å². The second-order valence-electron chi connectivity index (χ2n) is 5.28. The summed E-state index contributed by atoms with van der Waals surface area (Å²) in [4.78, 5) is 31.3. The molecule has 0 aliphatic carbocycles. The zero-order valence-corrected chi connectivity index (χ0v) is 13.3. The Balaban J connectivity index is 2.14. The van der Waals surface area contributed by atoms with Gasteiger partial charge in [0.15, 0.2) is 0 Å². The third kappa shape index (κ3) is 5.06. The summed E-state index contributed by atoms with van der Waals surface area (Å²) in [6.45, 7) is 5.21. The number of nitrogens with zero attached hydrogens (tertiary/aromatic N) is 2. The van der Waals surface area contributed by atoms with Crippen molar-refractivity contribution in [2.75, 3.05) is 10.6 Å². The van der Waals surface area contributed by atoms with Gasteiger partial charge in [0, 0.05) is 30.5 Å².